The van der Waals surface area contributed by atoms with E-state index in [1.54, 1.807) is 0 Å². The summed E-state index contributed by atoms with van der Waals surface area (Å²) in [5, 5.41) is 0. The third-order valence-corrected chi connectivity index (χ3v) is 4.73. The molecular formula is C17H28N2O4. The number of hydrogen-bond donors (Lipinski definition) is 0. The molecule has 0 bridgehead atoms. The summed E-state index contributed by atoms with van der Waals surface area (Å²) in [7, 11) is 1.34. The van der Waals surface area contributed by atoms with Crippen molar-refractivity contribution < 1.29 is 18.7 Å². The molecule has 1 aliphatic carbocycles. The van der Waals surface area contributed by atoms with E-state index in [-0.39, 0.29) is 11.1 Å². The Morgan fingerprint density at radius 2 is 2.22 bits per heavy atom. The fourth-order valence-electron chi connectivity index (χ4n) is 3.36. The van der Waals surface area contributed by atoms with Gasteiger partial charge in [-0.1, -0.05) is 20.8 Å². The zero-order valence-corrected chi connectivity index (χ0v) is 14.8. The van der Waals surface area contributed by atoms with Gasteiger partial charge in [-0.15, -0.1) is 0 Å². The average molecular weight is 324 g/mol. The average Bonchev–Trinajstić information content (AvgIpc) is 2.98. The fourth-order valence-corrected chi connectivity index (χ4v) is 3.36. The van der Waals surface area contributed by atoms with Gasteiger partial charge in [-0.05, 0) is 26.3 Å². The SMILES string of the molecule is CCCN(Cc1nc(C(=O)OC)co1)[C@@H]1C[C@@H](OCC)C1(C)C. The summed E-state index contributed by atoms with van der Waals surface area (Å²) in [6.45, 7) is 11.0. The van der Waals surface area contributed by atoms with Crippen LogP contribution in [0.4, 0.5) is 0 Å². The summed E-state index contributed by atoms with van der Waals surface area (Å²) in [4.78, 5) is 18.1. The molecule has 0 N–H and O–H groups in total. The number of esters is 1. The minimum absolute atomic E-state index is 0.100. The minimum atomic E-state index is -0.470. The molecule has 1 aliphatic rings. The monoisotopic (exact) mass is 324 g/mol. The van der Waals surface area contributed by atoms with Gasteiger partial charge < -0.3 is 13.9 Å². The third kappa shape index (κ3) is 3.75. The second-order valence-electron chi connectivity index (χ2n) is 6.61. The van der Waals surface area contributed by atoms with Gasteiger partial charge in [0, 0.05) is 18.1 Å². The van der Waals surface area contributed by atoms with Crippen molar-refractivity contribution in [2.24, 2.45) is 5.41 Å². The molecule has 0 spiro atoms. The smallest absolute Gasteiger partial charge is 0.360 e. The van der Waals surface area contributed by atoms with Crippen LogP contribution in [0.25, 0.3) is 0 Å². The Balaban J connectivity index is 2.05. The first-order valence-corrected chi connectivity index (χ1v) is 8.32. The molecule has 1 aromatic heterocycles. The van der Waals surface area contributed by atoms with Crippen LogP contribution >= 0.6 is 0 Å². The number of methoxy groups -OCH3 is 1. The predicted octanol–water partition coefficient (Wildman–Crippen LogP) is 2.88. The molecule has 1 saturated carbocycles. The van der Waals surface area contributed by atoms with Gasteiger partial charge in [-0.25, -0.2) is 9.78 Å². The van der Waals surface area contributed by atoms with E-state index in [2.05, 4.69) is 35.4 Å². The Kier molecular flexibility index (Phi) is 5.81. The molecule has 0 aromatic carbocycles. The molecule has 0 amide bonds. The lowest BCUT2D eigenvalue weighted by Gasteiger charge is -2.55. The predicted molar refractivity (Wildman–Crippen MR) is 86.1 cm³/mol. The van der Waals surface area contributed by atoms with Crippen LogP contribution in [-0.2, 0) is 16.0 Å². The van der Waals surface area contributed by atoms with Crippen LogP contribution in [0.15, 0.2) is 10.7 Å². The zero-order chi connectivity index (χ0) is 17.0. The minimum Gasteiger partial charge on any atom is -0.464 e. The number of carbonyl (C=O) groups is 1. The van der Waals surface area contributed by atoms with Crippen LogP contribution in [0.1, 0.15) is 56.9 Å². The highest BCUT2D eigenvalue weighted by Gasteiger charge is 2.51. The summed E-state index contributed by atoms with van der Waals surface area (Å²) in [6.07, 6.45) is 3.73. The molecular weight excluding hydrogens is 296 g/mol. The van der Waals surface area contributed by atoms with Crippen molar-refractivity contribution in [2.45, 2.75) is 59.2 Å². The second kappa shape index (κ2) is 7.45. The maximum Gasteiger partial charge on any atom is 0.360 e. The Morgan fingerprint density at radius 3 is 2.78 bits per heavy atom. The number of ether oxygens (including phenoxy) is 2. The first-order chi connectivity index (χ1) is 10.9. The third-order valence-electron chi connectivity index (χ3n) is 4.73. The standard InChI is InChI=1S/C17H28N2O4/c1-6-8-19(13-9-14(22-7-2)17(13,3)4)10-15-18-12(11-23-15)16(20)21-5/h11,13-14H,6-10H2,1-5H3/t13-,14-/m1/s1. The fraction of sp³-hybridized carbons (Fsp3) is 0.765. The lowest BCUT2D eigenvalue weighted by atomic mass is 9.63. The summed E-state index contributed by atoms with van der Waals surface area (Å²) in [6, 6.07) is 0.424. The summed E-state index contributed by atoms with van der Waals surface area (Å²) in [5.74, 6) is 0.0805. The van der Waals surface area contributed by atoms with Gasteiger partial charge in [-0.3, -0.25) is 4.90 Å². The summed E-state index contributed by atoms with van der Waals surface area (Å²) < 4.78 is 15.9. The maximum absolute atomic E-state index is 11.5. The molecule has 1 aromatic rings. The van der Waals surface area contributed by atoms with E-state index in [0.29, 0.717) is 24.6 Å². The van der Waals surface area contributed by atoms with Crippen molar-refractivity contribution in [1.82, 2.24) is 9.88 Å². The van der Waals surface area contributed by atoms with Gasteiger partial charge in [0.15, 0.2) is 5.69 Å². The number of aromatic nitrogens is 1. The number of oxazole rings is 1. The van der Waals surface area contributed by atoms with Crippen molar-refractivity contribution in [3.05, 3.63) is 17.8 Å². The molecule has 0 aliphatic heterocycles. The Hall–Kier alpha value is -1.40. The van der Waals surface area contributed by atoms with Crippen LogP contribution in [0.5, 0.6) is 0 Å². The van der Waals surface area contributed by atoms with Gasteiger partial charge in [0.25, 0.3) is 0 Å². The Labute approximate surface area is 138 Å². The molecule has 2 atom stereocenters. The van der Waals surface area contributed by atoms with E-state index in [0.717, 1.165) is 26.0 Å². The molecule has 1 heterocycles. The molecule has 0 saturated heterocycles. The molecule has 2 rings (SSSR count). The summed E-state index contributed by atoms with van der Waals surface area (Å²) >= 11 is 0. The van der Waals surface area contributed by atoms with E-state index < -0.39 is 5.97 Å². The molecule has 130 valence electrons. The highest BCUT2D eigenvalue weighted by atomic mass is 16.5. The Bertz CT molecular complexity index is 526. The molecule has 6 heteroatoms. The van der Waals surface area contributed by atoms with Crippen molar-refractivity contribution in [2.75, 3.05) is 20.3 Å². The van der Waals surface area contributed by atoms with Gasteiger partial charge in [0.2, 0.25) is 5.89 Å². The van der Waals surface area contributed by atoms with E-state index in [1.165, 1.54) is 13.4 Å². The number of rotatable bonds is 8. The van der Waals surface area contributed by atoms with Gasteiger partial charge in [0.1, 0.15) is 6.26 Å². The van der Waals surface area contributed by atoms with Gasteiger partial charge >= 0.3 is 5.97 Å². The number of hydrogen-bond acceptors (Lipinski definition) is 6. The number of nitrogens with zero attached hydrogens (tertiary/aromatic N) is 2. The molecule has 1 fully saturated rings. The highest BCUT2D eigenvalue weighted by Crippen LogP contribution is 2.46. The van der Waals surface area contributed by atoms with Crippen molar-refractivity contribution in [3.8, 4) is 0 Å². The van der Waals surface area contributed by atoms with Crippen LogP contribution in [0.3, 0.4) is 0 Å². The molecule has 23 heavy (non-hydrogen) atoms. The zero-order valence-electron chi connectivity index (χ0n) is 14.8. The molecule has 6 nitrogen and oxygen atoms in total. The largest absolute Gasteiger partial charge is 0.464 e. The van der Waals surface area contributed by atoms with Gasteiger partial charge in [0.05, 0.1) is 19.8 Å². The van der Waals surface area contributed by atoms with E-state index in [1.807, 2.05) is 6.92 Å². The molecule has 0 unspecified atom stereocenters. The van der Waals surface area contributed by atoms with E-state index in [9.17, 15) is 4.79 Å². The summed E-state index contributed by atoms with van der Waals surface area (Å²) in [5.41, 5.74) is 0.321. The maximum atomic E-state index is 11.5. The topological polar surface area (TPSA) is 64.8 Å². The number of carbonyl (C=O) groups excluding carboxylic acids is 1. The van der Waals surface area contributed by atoms with Gasteiger partial charge in [-0.2, -0.15) is 0 Å². The molecule has 0 radical (unpaired) electrons. The highest BCUT2D eigenvalue weighted by molar-refractivity contribution is 5.86. The van der Waals surface area contributed by atoms with E-state index in [4.69, 9.17) is 9.15 Å². The van der Waals surface area contributed by atoms with Crippen LogP contribution in [-0.4, -0.2) is 48.3 Å². The van der Waals surface area contributed by atoms with Crippen molar-refractivity contribution >= 4 is 5.97 Å². The normalized spacial score (nSPS) is 22.9. The lowest BCUT2D eigenvalue weighted by molar-refractivity contribution is -0.152. The second-order valence-corrected chi connectivity index (χ2v) is 6.61. The quantitative estimate of drug-likeness (QED) is 0.685. The Morgan fingerprint density at radius 1 is 1.48 bits per heavy atom. The van der Waals surface area contributed by atoms with Crippen LogP contribution < -0.4 is 0 Å². The first kappa shape index (κ1) is 17.9. The lowest BCUT2D eigenvalue weighted by Crippen LogP contribution is -2.62. The van der Waals surface area contributed by atoms with E-state index >= 15 is 0 Å². The van der Waals surface area contributed by atoms with Crippen LogP contribution in [0, 0.1) is 5.41 Å². The van der Waals surface area contributed by atoms with Crippen LogP contribution in [0.2, 0.25) is 0 Å². The first-order valence-electron chi connectivity index (χ1n) is 8.32. The van der Waals surface area contributed by atoms with Crippen molar-refractivity contribution in [3.63, 3.8) is 0 Å². The van der Waals surface area contributed by atoms with Crippen molar-refractivity contribution in [1.29, 1.82) is 0 Å².